The van der Waals surface area contributed by atoms with E-state index in [1.165, 1.54) is 20.8 Å². The van der Waals surface area contributed by atoms with E-state index in [-0.39, 0.29) is 37.5 Å². The first-order chi connectivity index (χ1) is 17.4. The van der Waals surface area contributed by atoms with E-state index >= 15 is 0 Å². The van der Waals surface area contributed by atoms with Gasteiger partial charge in [-0.1, -0.05) is 0 Å². The van der Waals surface area contributed by atoms with Crippen molar-refractivity contribution in [2.75, 3.05) is 20.2 Å². The predicted octanol–water partition coefficient (Wildman–Crippen LogP) is -3.62. The van der Waals surface area contributed by atoms with Gasteiger partial charge in [0.2, 0.25) is 11.8 Å². The number of hydrogen-bond acceptors (Lipinski definition) is 12. The maximum atomic E-state index is 11.9. The highest BCUT2D eigenvalue weighted by Crippen LogP contribution is 2.32. The Labute approximate surface area is 216 Å². The Morgan fingerprint density at radius 1 is 1.03 bits per heavy atom. The number of hydrogen-bond donors (Lipinski definition) is 8. The topological polar surface area (TPSA) is 220 Å². The number of rotatable bonds is 8. The molecule has 0 radical (unpaired) electrons. The van der Waals surface area contributed by atoms with Gasteiger partial charge in [-0.25, -0.2) is 0 Å². The molecule has 0 unspecified atom stereocenters. The zero-order chi connectivity index (χ0) is 27.5. The number of aliphatic hydroxyl groups excluding tert-OH is 2. The van der Waals surface area contributed by atoms with Gasteiger partial charge in [-0.15, -0.1) is 0 Å². The Balaban J connectivity index is 1.81. The lowest BCUT2D eigenvalue weighted by molar-refractivity contribution is -0.307. The molecular formula is C23H43N5O9. The largest absolute Gasteiger partial charge is 0.388 e. The molecule has 0 aromatic carbocycles. The van der Waals surface area contributed by atoms with Crippen molar-refractivity contribution in [2.24, 2.45) is 11.5 Å². The van der Waals surface area contributed by atoms with Crippen LogP contribution in [0, 0.1) is 0 Å². The van der Waals surface area contributed by atoms with Gasteiger partial charge < -0.3 is 61.7 Å². The van der Waals surface area contributed by atoms with Crippen LogP contribution in [0.4, 0.5) is 0 Å². The zero-order valence-electron chi connectivity index (χ0n) is 21.8. The number of carbonyl (C=O) groups is 2. The lowest BCUT2D eigenvalue weighted by atomic mass is 9.83. The molecule has 3 rings (SSSR count). The number of aliphatic hydroxyl groups is 3. The van der Waals surface area contributed by atoms with Crippen LogP contribution in [0.15, 0.2) is 0 Å². The van der Waals surface area contributed by atoms with Gasteiger partial charge in [-0.3, -0.25) is 9.59 Å². The third kappa shape index (κ3) is 7.15. The molecule has 0 spiro atoms. The maximum Gasteiger partial charge on any atom is 0.217 e. The number of amides is 2. The highest BCUT2D eigenvalue weighted by Gasteiger charge is 2.51. The summed E-state index contributed by atoms with van der Waals surface area (Å²) in [5, 5.41) is 41.1. The molecule has 214 valence electrons. The Kier molecular flexibility index (Phi) is 10.2. The summed E-state index contributed by atoms with van der Waals surface area (Å²) in [7, 11) is 1.60. The first-order valence-electron chi connectivity index (χ1n) is 12.7. The first kappa shape index (κ1) is 30.1. The number of likely N-dealkylation sites (N-methyl/N-ethyl adjacent to an activating group) is 1. The lowest BCUT2D eigenvalue weighted by Gasteiger charge is -2.49. The second-order valence-electron chi connectivity index (χ2n) is 10.4. The van der Waals surface area contributed by atoms with Gasteiger partial charge in [0.25, 0.3) is 0 Å². The van der Waals surface area contributed by atoms with Crippen LogP contribution in [0.1, 0.15) is 40.0 Å². The van der Waals surface area contributed by atoms with E-state index < -0.39 is 66.8 Å². The Morgan fingerprint density at radius 2 is 1.65 bits per heavy atom. The summed E-state index contributed by atoms with van der Waals surface area (Å²) < 4.78 is 23.8. The van der Waals surface area contributed by atoms with Gasteiger partial charge in [-0.2, -0.15) is 0 Å². The molecule has 3 fully saturated rings. The number of carbonyl (C=O) groups excluding carboxylic acids is 2. The van der Waals surface area contributed by atoms with E-state index in [9.17, 15) is 24.9 Å². The maximum absolute atomic E-state index is 11.9. The minimum Gasteiger partial charge on any atom is -0.388 e. The molecule has 12 atom stereocenters. The molecule has 0 aromatic rings. The molecule has 37 heavy (non-hydrogen) atoms. The summed E-state index contributed by atoms with van der Waals surface area (Å²) in [6, 6.07) is -2.70. The normalized spacial score (nSPS) is 44.7. The van der Waals surface area contributed by atoms with Gasteiger partial charge in [0.15, 0.2) is 12.6 Å². The zero-order valence-corrected chi connectivity index (χ0v) is 21.8. The van der Waals surface area contributed by atoms with Crippen molar-refractivity contribution >= 4 is 11.8 Å². The van der Waals surface area contributed by atoms with E-state index in [1.54, 1.807) is 7.05 Å². The summed E-state index contributed by atoms with van der Waals surface area (Å²) in [5.41, 5.74) is 10.8. The van der Waals surface area contributed by atoms with Crippen LogP contribution in [0.25, 0.3) is 0 Å². The van der Waals surface area contributed by atoms with Crippen molar-refractivity contribution in [3.63, 3.8) is 0 Å². The van der Waals surface area contributed by atoms with Crippen LogP contribution in [-0.4, -0.2) is 120 Å². The molecule has 10 N–H and O–H groups in total. The molecule has 2 heterocycles. The molecule has 2 aliphatic heterocycles. The molecule has 0 bridgehead atoms. The van der Waals surface area contributed by atoms with Crippen LogP contribution in [-0.2, 0) is 28.5 Å². The SMILES string of the molecule is CN[C@@H]1[C@@H](O)[C@@H](O[C@@H]2[C@@H](O)[C@H](O[C@H]3O[C@H](CN)CC[C@H]3NC(C)=O)[C@@H](NC(C)=O)C[C@H]2N)OC[C@]1(C)O. The molecule has 3 aliphatic rings. The molecular weight excluding hydrogens is 490 g/mol. The van der Waals surface area contributed by atoms with Gasteiger partial charge in [-0.05, 0) is 33.2 Å². The minimum absolute atomic E-state index is 0.123. The van der Waals surface area contributed by atoms with Crippen LogP contribution in [0.2, 0.25) is 0 Å². The molecule has 0 aromatic heterocycles. The van der Waals surface area contributed by atoms with E-state index in [0.29, 0.717) is 12.8 Å². The van der Waals surface area contributed by atoms with Gasteiger partial charge in [0, 0.05) is 26.4 Å². The van der Waals surface area contributed by atoms with Crippen molar-refractivity contribution in [3.8, 4) is 0 Å². The molecule has 2 saturated heterocycles. The summed E-state index contributed by atoms with van der Waals surface area (Å²) in [6.07, 6.45) is -5.82. The standard InChI is InChI=1S/C23H43N5O9/c1-10(29)27-14-6-5-12(8-24)35-21(14)37-19-15(28-11(2)30)7-13(25)18(16(19)31)36-22-17(32)20(26-4)23(3,33)9-34-22/h12-22,26,31-33H,5-9,24-25H2,1-4H3,(H,27,29)(H,28,30)/t12-,13+,14+,15-,16+,17+,18-,19+,20+,21+,22+,23-/m0/s1. The van der Waals surface area contributed by atoms with Crippen LogP contribution in [0.3, 0.4) is 0 Å². The van der Waals surface area contributed by atoms with Gasteiger partial charge >= 0.3 is 0 Å². The summed E-state index contributed by atoms with van der Waals surface area (Å²) in [4.78, 5) is 23.7. The second kappa shape index (κ2) is 12.6. The Bertz CT molecular complexity index is 790. The molecule has 1 aliphatic carbocycles. The molecule has 1 saturated carbocycles. The lowest BCUT2D eigenvalue weighted by Crippen LogP contribution is -2.69. The van der Waals surface area contributed by atoms with E-state index in [0.717, 1.165) is 0 Å². The van der Waals surface area contributed by atoms with Gasteiger partial charge in [0.1, 0.15) is 30.0 Å². The summed E-state index contributed by atoms with van der Waals surface area (Å²) >= 11 is 0. The van der Waals surface area contributed by atoms with Crippen molar-refractivity contribution in [2.45, 2.75) is 113 Å². The van der Waals surface area contributed by atoms with Crippen LogP contribution in [0.5, 0.6) is 0 Å². The fourth-order valence-corrected chi connectivity index (χ4v) is 5.43. The van der Waals surface area contributed by atoms with Crippen molar-refractivity contribution in [1.82, 2.24) is 16.0 Å². The van der Waals surface area contributed by atoms with Gasteiger partial charge in [0.05, 0.1) is 30.8 Å². The fraction of sp³-hybridized carbons (Fsp3) is 0.913. The monoisotopic (exact) mass is 533 g/mol. The average Bonchev–Trinajstić information content (AvgIpc) is 2.80. The third-order valence-corrected chi connectivity index (χ3v) is 7.24. The van der Waals surface area contributed by atoms with Crippen LogP contribution >= 0.6 is 0 Å². The molecule has 14 heteroatoms. The van der Waals surface area contributed by atoms with Crippen LogP contribution < -0.4 is 27.4 Å². The predicted molar refractivity (Wildman–Crippen MR) is 130 cm³/mol. The second-order valence-corrected chi connectivity index (χ2v) is 10.4. The number of ether oxygens (including phenoxy) is 4. The number of nitrogens with two attached hydrogens (primary N) is 2. The van der Waals surface area contributed by atoms with Crippen molar-refractivity contribution in [1.29, 1.82) is 0 Å². The smallest absolute Gasteiger partial charge is 0.217 e. The quantitative estimate of drug-likeness (QED) is 0.152. The minimum atomic E-state index is -1.37. The van der Waals surface area contributed by atoms with E-state index in [4.69, 9.17) is 30.4 Å². The Morgan fingerprint density at radius 3 is 2.24 bits per heavy atom. The van der Waals surface area contributed by atoms with Crippen molar-refractivity contribution in [3.05, 3.63) is 0 Å². The molecule has 14 nitrogen and oxygen atoms in total. The summed E-state index contributed by atoms with van der Waals surface area (Å²) in [6.45, 7) is 4.38. The fourth-order valence-electron chi connectivity index (χ4n) is 5.43. The van der Waals surface area contributed by atoms with E-state index in [2.05, 4.69) is 16.0 Å². The number of nitrogens with one attached hydrogen (secondary N) is 3. The average molecular weight is 534 g/mol. The highest BCUT2D eigenvalue weighted by atomic mass is 16.7. The van der Waals surface area contributed by atoms with E-state index in [1.807, 2.05) is 0 Å². The third-order valence-electron chi connectivity index (χ3n) is 7.24. The van der Waals surface area contributed by atoms with Crippen molar-refractivity contribution < 1.29 is 43.9 Å². The summed E-state index contributed by atoms with van der Waals surface area (Å²) in [5.74, 6) is -0.608. The Hall–Kier alpha value is -1.46. The first-order valence-corrected chi connectivity index (χ1v) is 12.7. The molecule has 2 amide bonds. The highest BCUT2D eigenvalue weighted by molar-refractivity contribution is 5.73.